The predicted octanol–water partition coefficient (Wildman–Crippen LogP) is 4.88. The van der Waals surface area contributed by atoms with Gasteiger partial charge in [-0.1, -0.05) is 86.1 Å². The fraction of sp³-hybridized carbons (Fsp3) is 0.250. The van der Waals surface area contributed by atoms with E-state index in [4.69, 9.17) is 5.21 Å². The first-order valence-electron chi connectivity index (χ1n) is 13.6. The molecule has 2 amide bonds. The van der Waals surface area contributed by atoms with Gasteiger partial charge in [0, 0.05) is 25.4 Å². The number of aryl methyl sites for hydroxylation is 1. The summed E-state index contributed by atoms with van der Waals surface area (Å²) in [6, 6.07) is 23.4. The number of unbranched alkanes of at least 4 members (excludes halogenated alkanes) is 1. The average Bonchev–Trinajstić information content (AvgIpc) is 3.39. The molecule has 1 unspecified atom stereocenters. The van der Waals surface area contributed by atoms with Gasteiger partial charge in [-0.15, -0.1) is 0 Å². The van der Waals surface area contributed by atoms with Crippen LogP contribution in [0.25, 0.3) is 11.1 Å². The summed E-state index contributed by atoms with van der Waals surface area (Å²) < 4.78 is 1.89. The molecule has 212 valence electrons. The minimum atomic E-state index is -0.985. The quantitative estimate of drug-likeness (QED) is 0.138. The molecule has 0 spiro atoms. The van der Waals surface area contributed by atoms with Gasteiger partial charge in [0.25, 0.3) is 5.91 Å². The number of carboxylic acids is 1. The molecule has 0 saturated carbocycles. The number of carbonyl (C=O) groups excluding carboxylic acids is 2. The third-order valence-corrected chi connectivity index (χ3v) is 6.90. The summed E-state index contributed by atoms with van der Waals surface area (Å²) in [6.45, 7) is 2.48. The number of nitrogens with one attached hydrogen (secondary N) is 2. The van der Waals surface area contributed by atoms with Crippen molar-refractivity contribution in [2.24, 2.45) is 0 Å². The molecule has 1 aromatic heterocycles. The number of imidazole rings is 1. The topological polar surface area (TPSA) is 134 Å². The average molecular weight is 555 g/mol. The van der Waals surface area contributed by atoms with Crippen molar-refractivity contribution in [3.63, 3.8) is 0 Å². The molecule has 4 rings (SSSR count). The fourth-order valence-corrected chi connectivity index (χ4v) is 4.80. The van der Waals surface area contributed by atoms with Gasteiger partial charge in [0.05, 0.1) is 11.8 Å². The zero-order valence-electron chi connectivity index (χ0n) is 22.9. The molecule has 0 saturated heterocycles. The summed E-state index contributed by atoms with van der Waals surface area (Å²) in [5, 5.41) is 21.6. The van der Waals surface area contributed by atoms with Crippen molar-refractivity contribution in [3.8, 4) is 11.1 Å². The zero-order valence-corrected chi connectivity index (χ0v) is 22.9. The van der Waals surface area contributed by atoms with Gasteiger partial charge < -0.3 is 15.0 Å². The predicted molar refractivity (Wildman–Crippen MR) is 155 cm³/mol. The molecular formula is C32H34N4O5. The lowest BCUT2D eigenvalue weighted by Crippen LogP contribution is -2.41. The number of benzene rings is 3. The molecule has 0 aliphatic rings. The Morgan fingerprint density at radius 1 is 0.927 bits per heavy atom. The minimum Gasteiger partial charge on any atom is -0.478 e. The number of aromatic nitrogens is 2. The van der Waals surface area contributed by atoms with E-state index in [0.29, 0.717) is 30.6 Å². The third kappa shape index (κ3) is 7.67. The summed E-state index contributed by atoms with van der Waals surface area (Å²) >= 11 is 0. The molecule has 3 aromatic carbocycles. The van der Waals surface area contributed by atoms with Crippen LogP contribution in [-0.2, 0) is 24.2 Å². The molecule has 1 atom stereocenters. The van der Waals surface area contributed by atoms with Crippen LogP contribution in [-0.4, -0.2) is 43.7 Å². The number of rotatable bonds is 13. The molecule has 41 heavy (non-hydrogen) atoms. The number of hydrogen-bond donors (Lipinski definition) is 4. The van der Waals surface area contributed by atoms with Crippen LogP contribution in [0.2, 0.25) is 0 Å². The number of nitrogens with zero attached hydrogens (tertiary/aromatic N) is 2. The number of aromatic carboxylic acids is 1. The van der Waals surface area contributed by atoms with Gasteiger partial charge in [0.15, 0.2) is 0 Å². The second-order valence-corrected chi connectivity index (χ2v) is 9.90. The van der Waals surface area contributed by atoms with Crippen molar-refractivity contribution >= 4 is 17.8 Å². The Morgan fingerprint density at radius 2 is 1.63 bits per heavy atom. The molecule has 9 nitrogen and oxygen atoms in total. The first-order valence-corrected chi connectivity index (χ1v) is 13.6. The van der Waals surface area contributed by atoms with Crippen molar-refractivity contribution in [3.05, 3.63) is 113 Å². The van der Waals surface area contributed by atoms with Crippen molar-refractivity contribution in [2.45, 2.75) is 51.6 Å². The highest BCUT2D eigenvalue weighted by atomic mass is 16.5. The fourth-order valence-electron chi connectivity index (χ4n) is 4.80. The Labute approximate surface area is 238 Å². The summed E-state index contributed by atoms with van der Waals surface area (Å²) in [5.41, 5.74) is 5.55. The van der Waals surface area contributed by atoms with Gasteiger partial charge in [-0.05, 0) is 41.2 Å². The van der Waals surface area contributed by atoms with E-state index in [0.717, 1.165) is 35.4 Å². The molecule has 0 aliphatic heterocycles. The van der Waals surface area contributed by atoms with Gasteiger partial charge in [-0.25, -0.2) is 15.3 Å². The molecule has 0 bridgehead atoms. The zero-order chi connectivity index (χ0) is 29.2. The molecule has 4 aromatic rings. The summed E-state index contributed by atoms with van der Waals surface area (Å²) in [7, 11) is 0. The van der Waals surface area contributed by atoms with Crippen molar-refractivity contribution in [2.75, 3.05) is 0 Å². The lowest BCUT2D eigenvalue weighted by Gasteiger charge is -2.19. The van der Waals surface area contributed by atoms with Crippen LogP contribution in [0.15, 0.2) is 85.1 Å². The van der Waals surface area contributed by atoms with Crippen molar-refractivity contribution < 1.29 is 24.7 Å². The number of hydroxylamine groups is 1. The maximum absolute atomic E-state index is 13.5. The monoisotopic (exact) mass is 554 g/mol. The largest absolute Gasteiger partial charge is 0.478 e. The van der Waals surface area contributed by atoms with E-state index < -0.39 is 17.9 Å². The second kappa shape index (κ2) is 14.0. The van der Waals surface area contributed by atoms with Crippen molar-refractivity contribution in [1.82, 2.24) is 20.3 Å². The normalized spacial score (nSPS) is 11.6. The van der Waals surface area contributed by atoms with E-state index in [9.17, 15) is 19.5 Å². The highest BCUT2D eigenvalue weighted by Crippen LogP contribution is 2.25. The summed E-state index contributed by atoms with van der Waals surface area (Å²) in [5.74, 6) is -1.15. The van der Waals surface area contributed by atoms with Crippen LogP contribution in [0.1, 0.15) is 64.0 Å². The molecule has 1 heterocycles. The van der Waals surface area contributed by atoms with Crippen LogP contribution < -0.4 is 10.8 Å². The Morgan fingerprint density at radius 3 is 2.32 bits per heavy atom. The van der Waals surface area contributed by atoms with E-state index in [-0.39, 0.29) is 17.9 Å². The summed E-state index contributed by atoms with van der Waals surface area (Å²) in [6.07, 6.45) is 4.47. The molecule has 0 radical (unpaired) electrons. The minimum absolute atomic E-state index is 0.0900. The number of carbonyl (C=O) groups is 3. The SMILES string of the molecule is CCCCc1ncc(C(=O)NC(CC(=O)NO)Cc2ccccc2)n1Cc1ccc(-c2ccccc2C(=O)O)cc1. The Kier molecular flexibility index (Phi) is 10.0. The van der Waals surface area contributed by atoms with Crippen LogP contribution in [0, 0.1) is 0 Å². The highest BCUT2D eigenvalue weighted by molar-refractivity contribution is 5.96. The van der Waals surface area contributed by atoms with Crippen molar-refractivity contribution in [1.29, 1.82) is 0 Å². The highest BCUT2D eigenvalue weighted by Gasteiger charge is 2.22. The first kappa shape index (κ1) is 29.2. The van der Waals surface area contributed by atoms with Crippen LogP contribution in [0.3, 0.4) is 0 Å². The van der Waals surface area contributed by atoms with E-state index in [1.54, 1.807) is 35.9 Å². The van der Waals surface area contributed by atoms with E-state index in [1.807, 2.05) is 59.2 Å². The van der Waals surface area contributed by atoms with Gasteiger partial charge >= 0.3 is 5.97 Å². The maximum Gasteiger partial charge on any atom is 0.336 e. The summed E-state index contributed by atoms with van der Waals surface area (Å²) in [4.78, 5) is 41.7. The van der Waals surface area contributed by atoms with Crippen LogP contribution in [0.5, 0.6) is 0 Å². The van der Waals surface area contributed by atoms with Crippen LogP contribution in [0.4, 0.5) is 0 Å². The Balaban J connectivity index is 1.58. The smallest absolute Gasteiger partial charge is 0.336 e. The molecule has 0 aliphatic carbocycles. The maximum atomic E-state index is 13.5. The second-order valence-electron chi connectivity index (χ2n) is 9.90. The Hall–Kier alpha value is -4.76. The standard InChI is InChI=1S/C32H34N4O5/c1-2-3-13-29-33-20-28(31(38)34-25(19-30(37)35-41)18-22-9-5-4-6-10-22)36(29)21-23-14-16-24(17-15-23)26-11-7-8-12-27(26)32(39)40/h4-12,14-17,20,25,41H,2-3,13,18-19,21H2,1H3,(H,34,38)(H,35,37)(H,39,40). The lowest BCUT2D eigenvalue weighted by molar-refractivity contribution is -0.129. The first-order chi connectivity index (χ1) is 19.9. The molecule has 0 fully saturated rings. The molecular weight excluding hydrogens is 520 g/mol. The third-order valence-electron chi connectivity index (χ3n) is 6.90. The van der Waals surface area contributed by atoms with Crippen LogP contribution >= 0.6 is 0 Å². The Bertz CT molecular complexity index is 1480. The lowest BCUT2D eigenvalue weighted by atomic mass is 9.98. The van der Waals surface area contributed by atoms with Gasteiger partial charge in [-0.2, -0.15) is 0 Å². The van der Waals surface area contributed by atoms with Gasteiger partial charge in [0.1, 0.15) is 11.5 Å². The van der Waals surface area contributed by atoms with E-state index in [1.165, 1.54) is 0 Å². The number of hydrogen-bond acceptors (Lipinski definition) is 5. The molecule has 4 N–H and O–H groups in total. The number of carboxylic acid groups (broad SMARTS) is 1. The van der Waals surface area contributed by atoms with Gasteiger partial charge in [-0.3, -0.25) is 14.8 Å². The number of amides is 2. The van der Waals surface area contributed by atoms with E-state index in [2.05, 4.69) is 17.2 Å². The molecule has 9 heteroatoms. The van der Waals surface area contributed by atoms with E-state index >= 15 is 0 Å². The van der Waals surface area contributed by atoms with Gasteiger partial charge in [0.2, 0.25) is 5.91 Å².